The Labute approximate surface area is 154 Å². The van der Waals surface area contributed by atoms with Crippen molar-refractivity contribution >= 4 is 17.0 Å². The molecule has 2 aromatic rings. The third-order valence-corrected chi connectivity index (χ3v) is 6.91. The highest BCUT2D eigenvalue weighted by Gasteiger charge is 2.44. The van der Waals surface area contributed by atoms with Crippen molar-refractivity contribution in [2.24, 2.45) is 0 Å². The Morgan fingerprint density at radius 3 is 3.04 bits per heavy atom. The fourth-order valence-corrected chi connectivity index (χ4v) is 5.85. The molecular weight excluding hydrogens is 358 g/mol. The number of aromatic nitrogens is 2. The van der Waals surface area contributed by atoms with Crippen LogP contribution in [0.5, 0.6) is 0 Å². The molecule has 1 saturated heterocycles. The van der Waals surface area contributed by atoms with E-state index in [1.807, 2.05) is 18.0 Å². The molecule has 0 saturated carbocycles. The molecule has 2 aromatic heterocycles. The Hall–Kier alpha value is -1.51. The van der Waals surface area contributed by atoms with Crippen molar-refractivity contribution in [2.45, 2.75) is 50.8 Å². The van der Waals surface area contributed by atoms with Crippen LogP contribution < -0.4 is 10.2 Å². The molecule has 0 aliphatic carbocycles. The van der Waals surface area contributed by atoms with Gasteiger partial charge < -0.3 is 15.0 Å². The zero-order chi connectivity index (χ0) is 17.9. The van der Waals surface area contributed by atoms with Crippen LogP contribution in [0.4, 0.5) is 14.5 Å². The third kappa shape index (κ3) is 2.66. The number of nitrogens with zero attached hydrogens (tertiary/aromatic N) is 2. The molecule has 3 aliphatic rings. The van der Waals surface area contributed by atoms with E-state index in [-0.39, 0.29) is 25.1 Å². The molecule has 8 heteroatoms. The fourth-order valence-electron chi connectivity index (χ4n) is 4.49. The molecule has 0 bridgehead atoms. The molecule has 140 valence electrons. The second kappa shape index (κ2) is 6.00. The number of halogens is 2. The van der Waals surface area contributed by atoms with Crippen LogP contribution in [0, 0.1) is 6.92 Å². The molecule has 0 spiro atoms. The van der Waals surface area contributed by atoms with E-state index >= 15 is 0 Å². The molecule has 2 atom stereocenters. The summed E-state index contributed by atoms with van der Waals surface area (Å²) in [7, 11) is 0. The summed E-state index contributed by atoms with van der Waals surface area (Å²) in [5.74, 6) is -2.72. The van der Waals surface area contributed by atoms with Crippen LogP contribution in [-0.4, -0.2) is 48.0 Å². The summed E-state index contributed by atoms with van der Waals surface area (Å²) >= 11 is 1.62. The quantitative estimate of drug-likeness (QED) is 0.841. The lowest BCUT2D eigenvalue weighted by molar-refractivity contribution is 0.00406. The van der Waals surface area contributed by atoms with Crippen LogP contribution in [0.3, 0.4) is 0 Å². The van der Waals surface area contributed by atoms with Gasteiger partial charge in [-0.3, -0.25) is 5.10 Å². The van der Waals surface area contributed by atoms with E-state index in [1.165, 1.54) is 0 Å². The topological polar surface area (TPSA) is 53.2 Å². The van der Waals surface area contributed by atoms with Crippen molar-refractivity contribution in [1.82, 2.24) is 15.5 Å². The van der Waals surface area contributed by atoms with Gasteiger partial charge in [-0.25, -0.2) is 8.78 Å². The largest absolute Gasteiger partial charge is 0.377 e. The number of thiophene rings is 1. The molecular formula is C18H22F2N4OS. The Kier molecular flexibility index (Phi) is 3.84. The number of aromatic amines is 1. The van der Waals surface area contributed by atoms with Crippen molar-refractivity contribution < 1.29 is 13.5 Å². The number of ether oxygens (including phenoxy) is 1. The van der Waals surface area contributed by atoms with Crippen molar-refractivity contribution in [3.8, 4) is 10.4 Å². The average molecular weight is 380 g/mol. The monoisotopic (exact) mass is 380 g/mol. The van der Waals surface area contributed by atoms with Gasteiger partial charge in [-0.2, -0.15) is 5.10 Å². The first-order valence-electron chi connectivity index (χ1n) is 9.15. The first-order chi connectivity index (χ1) is 12.5. The number of rotatable bonds is 2. The lowest BCUT2D eigenvalue weighted by Gasteiger charge is -2.36. The summed E-state index contributed by atoms with van der Waals surface area (Å²) in [4.78, 5) is 3.98. The predicted octanol–water partition coefficient (Wildman–Crippen LogP) is 3.10. The van der Waals surface area contributed by atoms with Crippen LogP contribution >= 0.6 is 11.3 Å². The number of nitrogens with one attached hydrogen (secondary N) is 2. The maximum atomic E-state index is 14.6. The molecule has 0 aromatic carbocycles. The molecule has 26 heavy (non-hydrogen) atoms. The SMILES string of the molecule is Cc1n[nH]cc1-c1sc2c3c1CC(F)(F)CN3C[C@H]([C@H]1CCCO1)NC2. The Bertz CT molecular complexity index is 827. The average Bonchev–Trinajstić information content (AvgIpc) is 3.28. The minimum Gasteiger partial charge on any atom is -0.377 e. The first-order valence-corrected chi connectivity index (χ1v) is 9.96. The highest BCUT2D eigenvalue weighted by atomic mass is 32.1. The highest BCUT2D eigenvalue weighted by molar-refractivity contribution is 7.16. The van der Waals surface area contributed by atoms with Crippen molar-refractivity contribution in [3.05, 3.63) is 22.3 Å². The number of alkyl halides is 2. The van der Waals surface area contributed by atoms with E-state index in [4.69, 9.17) is 4.74 Å². The number of hydrogen-bond acceptors (Lipinski definition) is 5. The molecule has 0 amide bonds. The molecule has 0 radical (unpaired) electrons. The van der Waals surface area contributed by atoms with E-state index in [0.717, 1.165) is 51.7 Å². The van der Waals surface area contributed by atoms with E-state index in [1.54, 1.807) is 11.3 Å². The maximum Gasteiger partial charge on any atom is 0.269 e. The molecule has 2 N–H and O–H groups in total. The number of hydrogen-bond donors (Lipinski definition) is 2. The summed E-state index contributed by atoms with van der Waals surface area (Å²) in [6.07, 6.45) is 3.80. The van der Waals surface area contributed by atoms with Crippen LogP contribution in [0.1, 0.15) is 29.0 Å². The summed E-state index contributed by atoms with van der Waals surface area (Å²) in [5, 5.41) is 10.6. The van der Waals surface area contributed by atoms with Gasteiger partial charge >= 0.3 is 0 Å². The normalized spacial score (nSPS) is 27.4. The first kappa shape index (κ1) is 16.6. The predicted molar refractivity (Wildman–Crippen MR) is 97.1 cm³/mol. The van der Waals surface area contributed by atoms with E-state index in [0.29, 0.717) is 13.1 Å². The zero-order valence-corrected chi connectivity index (χ0v) is 15.5. The van der Waals surface area contributed by atoms with Gasteiger partial charge in [0.05, 0.1) is 30.1 Å². The number of anilines is 1. The van der Waals surface area contributed by atoms with Crippen LogP contribution in [-0.2, 0) is 17.7 Å². The van der Waals surface area contributed by atoms with Gasteiger partial charge in [0.15, 0.2) is 0 Å². The van der Waals surface area contributed by atoms with Gasteiger partial charge in [-0.1, -0.05) is 0 Å². The van der Waals surface area contributed by atoms with Crippen LogP contribution in [0.25, 0.3) is 10.4 Å². The lowest BCUT2D eigenvalue weighted by Crippen LogP contribution is -2.50. The van der Waals surface area contributed by atoms with Crippen LogP contribution in [0.15, 0.2) is 6.20 Å². The van der Waals surface area contributed by atoms with Crippen LogP contribution in [0.2, 0.25) is 0 Å². The summed E-state index contributed by atoms with van der Waals surface area (Å²) in [5.41, 5.74) is 3.58. The van der Waals surface area contributed by atoms with E-state index in [9.17, 15) is 8.78 Å². The Morgan fingerprint density at radius 1 is 1.42 bits per heavy atom. The second-order valence-electron chi connectivity index (χ2n) is 7.52. The van der Waals surface area contributed by atoms with Gasteiger partial charge in [0, 0.05) is 53.2 Å². The van der Waals surface area contributed by atoms with E-state index in [2.05, 4.69) is 15.5 Å². The standard InChI is InChI=1S/C18H22F2N4OS/c1-10-12(6-22-23-10)17-11-5-18(19,20)9-24-8-13(14-3-2-4-25-14)21-7-15(26-17)16(11)24/h6,13-14,21H,2-5,7-9H2,1H3,(H,22,23)/t13-,14-/m1/s1. The van der Waals surface area contributed by atoms with E-state index < -0.39 is 5.92 Å². The number of aryl methyl sites for hydroxylation is 1. The summed E-state index contributed by atoms with van der Waals surface area (Å²) < 4.78 is 35.0. The van der Waals surface area contributed by atoms with Crippen molar-refractivity contribution in [2.75, 3.05) is 24.6 Å². The van der Waals surface area contributed by atoms with Gasteiger partial charge in [-0.05, 0) is 19.8 Å². The molecule has 5 heterocycles. The molecule has 0 unspecified atom stereocenters. The molecule has 1 fully saturated rings. The summed E-state index contributed by atoms with van der Waals surface area (Å²) in [6, 6.07) is 0.0953. The second-order valence-corrected chi connectivity index (χ2v) is 8.62. The van der Waals surface area contributed by atoms with Gasteiger partial charge in [-0.15, -0.1) is 11.3 Å². The van der Waals surface area contributed by atoms with Crippen molar-refractivity contribution in [1.29, 1.82) is 0 Å². The fraction of sp³-hybridized carbons (Fsp3) is 0.611. The molecule has 5 rings (SSSR count). The Balaban J connectivity index is 1.57. The molecule has 3 aliphatic heterocycles. The summed E-state index contributed by atoms with van der Waals surface area (Å²) in [6.45, 7) is 3.75. The minimum absolute atomic E-state index is 0.0953. The van der Waals surface area contributed by atoms with Gasteiger partial charge in [0.25, 0.3) is 5.92 Å². The van der Waals surface area contributed by atoms with Crippen molar-refractivity contribution in [3.63, 3.8) is 0 Å². The van der Waals surface area contributed by atoms with Gasteiger partial charge in [0.2, 0.25) is 0 Å². The smallest absolute Gasteiger partial charge is 0.269 e. The number of H-pyrrole nitrogens is 1. The zero-order valence-electron chi connectivity index (χ0n) is 14.6. The third-order valence-electron chi connectivity index (χ3n) is 5.65. The van der Waals surface area contributed by atoms with Gasteiger partial charge in [0.1, 0.15) is 0 Å². The molecule has 5 nitrogen and oxygen atoms in total. The Morgan fingerprint density at radius 2 is 2.31 bits per heavy atom. The highest BCUT2D eigenvalue weighted by Crippen LogP contribution is 2.49. The maximum absolute atomic E-state index is 14.6. The lowest BCUT2D eigenvalue weighted by atomic mass is 9.96. The minimum atomic E-state index is -2.72.